The van der Waals surface area contributed by atoms with Gasteiger partial charge in [-0.05, 0) is 146 Å². The van der Waals surface area contributed by atoms with Crippen molar-refractivity contribution in [2.24, 2.45) is 29.6 Å². The highest BCUT2D eigenvalue weighted by Gasteiger charge is 2.41. The van der Waals surface area contributed by atoms with Gasteiger partial charge in [0.05, 0.1) is 96.6 Å². The Morgan fingerprint density at radius 2 is 1.07 bits per heavy atom. The van der Waals surface area contributed by atoms with Crippen LogP contribution in [0.3, 0.4) is 0 Å². The summed E-state index contributed by atoms with van der Waals surface area (Å²) in [5.41, 5.74) is 8.09. The third kappa shape index (κ3) is 18.5. The molecule has 8 aromatic rings. The number of carboxylic acid groups (broad SMARTS) is 1. The van der Waals surface area contributed by atoms with E-state index in [0.29, 0.717) is 70.3 Å². The lowest BCUT2D eigenvalue weighted by molar-refractivity contribution is -0.155. The van der Waals surface area contributed by atoms with E-state index in [1.807, 2.05) is 59.8 Å². The summed E-state index contributed by atoms with van der Waals surface area (Å²) < 4.78 is 50.3. The lowest BCUT2D eigenvalue weighted by atomic mass is 9.76. The first-order valence-electron chi connectivity index (χ1n) is 30.9. The van der Waals surface area contributed by atoms with Gasteiger partial charge >= 0.3 is 17.9 Å². The van der Waals surface area contributed by atoms with Crippen molar-refractivity contribution in [3.05, 3.63) is 119 Å². The Morgan fingerprint density at radius 3 is 1.52 bits per heavy atom. The van der Waals surface area contributed by atoms with Gasteiger partial charge in [-0.3, -0.25) is 19.2 Å². The molecule has 0 radical (unpaired) electrons. The Labute approximate surface area is 539 Å². The van der Waals surface area contributed by atoms with Crippen LogP contribution in [0.5, 0.6) is 17.2 Å². The topological polar surface area (TPSA) is 252 Å². The van der Waals surface area contributed by atoms with E-state index >= 15 is 0 Å². The smallest absolute Gasteiger partial charge is 0.309 e. The van der Waals surface area contributed by atoms with Crippen molar-refractivity contribution < 1.29 is 62.2 Å². The fraction of sp³-hybridized carbons (Fsp3) is 0.470. The Balaban J connectivity index is 0.000000138. The van der Waals surface area contributed by atoms with E-state index in [4.69, 9.17) is 29.2 Å². The van der Waals surface area contributed by atoms with Crippen molar-refractivity contribution in [2.45, 2.75) is 116 Å². The van der Waals surface area contributed by atoms with Crippen LogP contribution in [0, 0.1) is 41.2 Å². The first kappa shape index (κ1) is 67.7. The molecular formula is C66H79F2N9O11S3. The highest BCUT2D eigenvalue weighted by molar-refractivity contribution is 7.17. The van der Waals surface area contributed by atoms with Crippen molar-refractivity contribution in [2.75, 3.05) is 62.3 Å². The molecule has 2 atom stereocenters. The van der Waals surface area contributed by atoms with Gasteiger partial charge in [0.15, 0.2) is 0 Å². The highest BCUT2D eigenvalue weighted by Crippen LogP contribution is 2.39. The third-order valence-electron chi connectivity index (χ3n) is 16.5. The predicted octanol–water partition coefficient (Wildman–Crippen LogP) is 11.2. The van der Waals surface area contributed by atoms with Crippen molar-refractivity contribution in [3.63, 3.8) is 0 Å². The number of benzene rings is 3. The summed E-state index contributed by atoms with van der Waals surface area (Å²) in [6.45, 7) is 15.8. The minimum Gasteiger partial charge on any atom is -0.506 e. The lowest BCUT2D eigenvalue weighted by Crippen LogP contribution is -2.57. The molecule has 4 saturated carbocycles. The van der Waals surface area contributed by atoms with E-state index in [-0.39, 0.29) is 77.5 Å². The number of carboxylic acids is 1. The number of phenolic OH excluding ortho intramolecular Hbond substituents is 1. The number of ether oxygens (including phenoxy) is 4. The maximum absolute atomic E-state index is 13.1. The Morgan fingerprint density at radius 1 is 0.582 bits per heavy atom. The summed E-state index contributed by atoms with van der Waals surface area (Å²) in [5, 5.41) is 30.2. The number of carbonyl (C=O) groups is 4. The number of hydrogen-bond acceptors (Lipinski definition) is 21. The Hall–Kier alpha value is -7.71. The largest absolute Gasteiger partial charge is 0.506 e. The number of anilines is 2. The molecule has 2 unspecified atom stereocenters. The Bertz CT molecular complexity index is 3600. The molecule has 7 heterocycles. The van der Waals surface area contributed by atoms with E-state index in [1.165, 1.54) is 35.9 Å². The van der Waals surface area contributed by atoms with Crippen molar-refractivity contribution in [3.8, 4) is 17.2 Å². The van der Waals surface area contributed by atoms with Gasteiger partial charge in [0, 0.05) is 57.3 Å². The quantitative estimate of drug-likeness (QED) is 0.0830. The van der Waals surface area contributed by atoms with Gasteiger partial charge in [0.2, 0.25) is 5.91 Å². The number of rotatable bonds is 12. The minimum absolute atomic E-state index is 0.000556. The molecule has 4 N–H and O–H groups in total. The SMILES string of the molecule is CC1CN(c2ccc(F)cn2)CCN1.CC1CN(c2ccc(F)cn2)CCN1C(=O)C1CC(Oc2cccc3ncsc23)C1.CCOC(=O)C1CC(C)C1.CCOC(=O)C1CC(O)C1.O=C(O)C1CC(Oc2cccc3ncsc23)C1.Oc1cccc2ncsc12. The molecule has 0 bridgehead atoms. The van der Waals surface area contributed by atoms with Gasteiger partial charge in [-0.1, -0.05) is 25.1 Å². The summed E-state index contributed by atoms with van der Waals surface area (Å²) in [7, 11) is 0. The number of phenols is 1. The van der Waals surface area contributed by atoms with Crippen LogP contribution in [0.2, 0.25) is 0 Å². The van der Waals surface area contributed by atoms with Crippen LogP contribution < -0.4 is 24.6 Å². The number of aliphatic hydroxyl groups is 1. The predicted molar refractivity (Wildman–Crippen MR) is 348 cm³/mol. The van der Waals surface area contributed by atoms with Crippen LogP contribution in [0.4, 0.5) is 20.4 Å². The molecule has 20 nitrogen and oxygen atoms in total. The number of carbonyl (C=O) groups excluding carboxylic acids is 3. The number of nitrogens with zero attached hydrogens (tertiary/aromatic N) is 8. The van der Waals surface area contributed by atoms with E-state index in [9.17, 15) is 33.1 Å². The first-order chi connectivity index (χ1) is 43.9. The molecule has 3 aromatic carbocycles. The van der Waals surface area contributed by atoms with Gasteiger partial charge in [0.1, 0.15) is 52.7 Å². The zero-order valence-corrected chi connectivity index (χ0v) is 54.1. The number of thiazole rings is 3. The van der Waals surface area contributed by atoms with Crippen molar-refractivity contribution in [1.82, 2.24) is 35.1 Å². The van der Waals surface area contributed by atoms with Crippen molar-refractivity contribution in [1.29, 1.82) is 0 Å². The summed E-state index contributed by atoms with van der Waals surface area (Å²) in [6, 6.07) is 23.9. The molecule has 4 aliphatic carbocycles. The van der Waals surface area contributed by atoms with E-state index in [1.54, 1.807) is 64.9 Å². The summed E-state index contributed by atoms with van der Waals surface area (Å²) >= 11 is 4.58. The van der Waals surface area contributed by atoms with Gasteiger partial charge in [-0.15, -0.1) is 34.0 Å². The number of piperazine rings is 2. The molecule has 486 valence electrons. The number of esters is 2. The lowest BCUT2D eigenvalue weighted by Gasteiger charge is -2.44. The Kier molecular flexibility index (Phi) is 24.2. The number of hydrogen-bond donors (Lipinski definition) is 4. The maximum Gasteiger partial charge on any atom is 0.309 e. The van der Waals surface area contributed by atoms with Crippen LogP contribution in [0.25, 0.3) is 30.6 Å². The zero-order valence-electron chi connectivity index (χ0n) is 51.6. The van der Waals surface area contributed by atoms with Crippen molar-refractivity contribution >= 4 is 100 Å². The minimum atomic E-state index is -0.721. The molecule has 25 heteroatoms. The number of fused-ring (bicyclic) bond motifs is 3. The summed E-state index contributed by atoms with van der Waals surface area (Å²) in [4.78, 5) is 72.6. The number of nitrogens with one attached hydrogen (secondary N) is 1. The number of aliphatic hydroxyl groups excluding tert-OH is 1. The van der Waals surface area contributed by atoms with Gasteiger partial charge in [-0.25, -0.2) is 33.7 Å². The molecule has 1 amide bonds. The van der Waals surface area contributed by atoms with E-state index in [0.717, 1.165) is 105 Å². The first-order valence-corrected chi connectivity index (χ1v) is 33.6. The number of amides is 1. The molecule has 91 heavy (non-hydrogen) atoms. The second-order valence-corrected chi connectivity index (χ2v) is 26.0. The van der Waals surface area contributed by atoms with Crippen LogP contribution in [-0.2, 0) is 28.7 Å². The van der Waals surface area contributed by atoms with Crippen LogP contribution >= 0.6 is 34.0 Å². The van der Waals surface area contributed by atoms with Gasteiger partial charge in [-0.2, -0.15) is 0 Å². The van der Waals surface area contributed by atoms with E-state index < -0.39 is 5.97 Å². The standard InChI is InChI=1S/C22H23FN4O2S.C12H11NO3S.C10H14FN3.C8H14O2.C7H5NOS.C7H12O3/c1-14-12-26(20-6-5-16(23)11-24-20)7-8-27(14)22(28)15-9-17(10-15)29-19-4-2-3-18-21(19)30-13-25-18;14-12(15)7-4-8(5-7)16-10-3-1-2-9-11(10)17-6-13-9;1-8-7-14(5-4-12-8)10-3-2-9(11)6-13-10;1-3-10-8(9)7-4-6(2)5-7;9-6-3-1-2-5-7(6)10-4-8-5;1-2-10-7(9)5-3-6(8)4-5/h2-6,11,13-15,17H,7-10,12H2,1H3;1-3,6-8H,4-5H2,(H,14,15);2-3,6,8,12H,4-5,7H2,1H3;6-7H,3-5H2,1-2H3;1-4,9H;5-6,8H,2-4H2,1H3. The maximum atomic E-state index is 13.1. The number of aliphatic carboxylic acids is 1. The second-order valence-electron chi connectivity index (χ2n) is 23.4. The number of aromatic hydroxyl groups is 1. The molecule has 2 saturated heterocycles. The second kappa shape index (κ2) is 32.5. The van der Waals surface area contributed by atoms with Crippen LogP contribution in [0.1, 0.15) is 86.0 Å². The highest BCUT2D eigenvalue weighted by atomic mass is 32.1. The van der Waals surface area contributed by atoms with Gasteiger partial charge < -0.3 is 54.3 Å². The number of halogens is 2. The molecule has 6 aliphatic rings. The zero-order chi connectivity index (χ0) is 64.6. The fourth-order valence-electron chi connectivity index (χ4n) is 11.2. The molecule has 6 fully saturated rings. The number of pyridine rings is 2. The summed E-state index contributed by atoms with van der Waals surface area (Å²) in [5.74, 6) is 3.03. The molecular weight excluding hydrogens is 1230 g/mol. The average molecular weight is 1310 g/mol. The number of aromatic nitrogens is 5. The molecule has 14 rings (SSSR count). The van der Waals surface area contributed by atoms with E-state index in [2.05, 4.69) is 60.8 Å². The fourth-order valence-corrected chi connectivity index (χ4v) is 13.4. The monoisotopic (exact) mass is 1310 g/mol. The summed E-state index contributed by atoms with van der Waals surface area (Å²) in [6.07, 6.45) is 8.26. The van der Waals surface area contributed by atoms with Crippen LogP contribution in [0.15, 0.2) is 108 Å². The molecule has 5 aromatic heterocycles. The van der Waals surface area contributed by atoms with Crippen LogP contribution in [-0.4, -0.2) is 152 Å². The molecule has 2 aliphatic heterocycles. The normalized spacial score (nSPS) is 23.7. The average Bonchev–Trinajstić information content (AvgIpc) is 1.53. The molecule has 0 spiro atoms. The van der Waals surface area contributed by atoms with Gasteiger partial charge in [0.25, 0.3) is 0 Å². The third-order valence-corrected chi connectivity index (χ3v) is 19.1.